The molecule has 0 heterocycles. The van der Waals surface area contributed by atoms with E-state index < -0.39 is 0 Å². The van der Waals surface area contributed by atoms with Gasteiger partial charge < -0.3 is 19.5 Å². The molecular formula is C14H27NO3. The summed E-state index contributed by atoms with van der Waals surface area (Å²) in [6.45, 7) is 7.33. The maximum absolute atomic E-state index is 5.65. The van der Waals surface area contributed by atoms with Crippen molar-refractivity contribution in [2.45, 2.75) is 64.0 Å². The van der Waals surface area contributed by atoms with Crippen molar-refractivity contribution in [3.05, 3.63) is 0 Å². The second kappa shape index (κ2) is 5.45. The van der Waals surface area contributed by atoms with Gasteiger partial charge in [-0.15, -0.1) is 0 Å². The number of ether oxygens (including phenoxy) is 3. The molecule has 5 unspecified atom stereocenters. The van der Waals surface area contributed by atoms with E-state index in [-0.39, 0.29) is 17.6 Å². The van der Waals surface area contributed by atoms with E-state index in [9.17, 15) is 0 Å². The van der Waals surface area contributed by atoms with E-state index in [1.54, 1.807) is 14.2 Å². The van der Waals surface area contributed by atoms with E-state index in [1.807, 2.05) is 6.92 Å². The normalized spacial score (nSPS) is 42.2. The molecule has 0 bridgehead atoms. The molecule has 0 radical (unpaired) electrons. The zero-order valence-electron chi connectivity index (χ0n) is 12.2. The van der Waals surface area contributed by atoms with Crippen molar-refractivity contribution in [2.75, 3.05) is 20.8 Å². The van der Waals surface area contributed by atoms with E-state index in [1.165, 1.54) is 0 Å². The fourth-order valence-corrected chi connectivity index (χ4v) is 3.26. The maximum atomic E-state index is 5.65. The Morgan fingerprint density at radius 3 is 2.39 bits per heavy atom. The zero-order valence-corrected chi connectivity index (χ0v) is 12.2. The monoisotopic (exact) mass is 257 g/mol. The van der Waals surface area contributed by atoms with Crippen LogP contribution in [0.4, 0.5) is 0 Å². The van der Waals surface area contributed by atoms with Crippen LogP contribution in [0.25, 0.3) is 0 Å². The van der Waals surface area contributed by atoms with Gasteiger partial charge in [0.1, 0.15) is 0 Å². The van der Waals surface area contributed by atoms with Gasteiger partial charge in [0.15, 0.2) is 0 Å². The van der Waals surface area contributed by atoms with Gasteiger partial charge in [-0.05, 0) is 19.8 Å². The van der Waals surface area contributed by atoms with E-state index in [4.69, 9.17) is 14.2 Å². The molecule has 0 spiro atoms. The van der Waals surface area contributed by atoms with Gasteiger partial charge in [0.25, 0.3) is 0 Å². The quantitative estimate of drug-likeness (QED) is 0.784. The Hall–Kier alpha value is -0.160. The fourth-order valence-electron chi connectivity index (χ4n) is 3.26. The van der Waals surface area contributed by atoms with Crippen molar-refractivity contribution in [1.82, 2.24) is 5.32 Å². The Labute approximate surface area is 110 Å². The molecule has 0 aromatic heterocycles. The van der Waals surface area contributed by atoms with Crippen molar-refractivity contribution < 1.29 is 14.2 Å². The van der Waals surface area contributed by atoms with Crippen molar-refractivity contribution >= 4 is 0 Å². The van der Waals surface area contributed by atoms with Crippen LogP contribution in [0.5, 0.6) is 0 Å². The minimum atomic E-state index is 0.197. The first kappa shape index (κ1) is 14.3. The highest BCUT2D eigenvalue weighted by atomic mass is 16.5. The van der Waals surface area contributed by atoms with E-state index in [2.05, 4.69) is 19.2 Å². The lowest BCUT2D eigenvalue weighted by Crippen LogP contribution is -2.69. The summed E-state index contributed by atoms with van der Waals surface area (Å²) in [6, 6.07) is 0.946. The predicted molar refractivity (Wildman–Crippen MR) is 70.7 cm³/mol. The SMILES string of the molecule is CCOC1CC(NC2CC(OC)C2(C)C)C1OC. The molecule has 2 aliphatic rings. The summed E-state index contributed by atoms with van der Waals surface area (Å²) in [5, 5.41) is 3.71. The van der Waals surface area contributed by atoms with Crippen LogP contribution in [0.15, 0.2) is 0 Å². The lowest BCUT2D eigenvalue weighted by molar-refractivity contribution is -0.153. The summed E-state index contributed by atoms with van der Waals surface area (Å²) in [6.07, 6.45) is 2.98. The third kappa shape index (κ3) is 2.31. The largest absolute Gasteiger partial charge is 0.381 e. The van der Waals surface area contributed by atoms with Crippen LogP contribution in [0.1, 0.15) is 33.6 Å². The standard InChI is InChI=1S/C14H27NO3/c1-6-18-10-7-9(13(10)17-5)15-11-8-12(16-4)14(11,2)3/h9-13,15H,6-8H2,1-5H3. The molecule has 18 heavy (non-hydrogen) atoms. The molecule has 4 nitrogen and oxygen atoms in total. The summed E-state index contributed by atoms with van der Waals surface area (Å²) in [7, 11) is 3.57. The molecule has 2 aliphatic carbocycles. The van der Waals surface area contributed by atoms with Gasteiger partial charge in [-0.1, -0.05) is 13.8 Å². The highest BCUT2D eigenvalue weighted by Crippen LogP contribution is 2.43. The summed E-state index contributed by atoms with van der Waals surface area (Å²) in [5.41, 5.74) is 0.212. The third-order valence-corrected chi connectivity index (χ3v) is 4.78. The lowest BCUT2D eigenvalue weighted by atomic mass is 9.63. The third-order valence-electron chi connectivity index (χ3n) is 4.78. The van der Waals surface area contributed by atoms with Crippen LogP contribution in [-0.2, 0) is 14.2 Å². The Morgan fingerprint density at radius 1 is 1.17 bits per heavy atom. The number of hydrogen-bond acceptors (Lipinski definition) is 4. The first-order valence-corrected chi connectivity index (χ1v) is 6.97. The Bertz CT molecular complexity index is 282. The Balaban J connectivity index is 1.82. The van der Waals surface area contributed by atoms with Crippen molar-refractivity contribution in [2.24, 2.45) is 5.41 Å². The zero-order chi connectivity index (χ0) is 13.3. The van der Waals surface area contributed by atoms with E-state index >= 15 is 0 Å². The molecule has 5 atom stereocenters. The van der Waals surface area contributed by atoms with Crippen LogP contribution in [0.2, 0.25) is 0 Å². The number of rotatable bonds is 6. The molecule has 106 valence electrons. The summed E-state index contributed by atoms with van der Waals surface area (Å²) in [4.78, 5) is 0. The van der Waals surface area contributed by atoms with Crippen LogP contribution in [0.3, 0.4) is 0 Å². The summed E-state index contributed by atoms with van der Waals surface area (Å²) in [5.74, 6) is 0. The molecule has 1 N–H and O–H groups in total. The first-order chi connectivity index (χ1) is 8.54. The van der Waals surface area contributed by atoms with E-state index in [0.717, 1.165) is 19.4 Å². The fraction of sp³-hybridized carbons (Fsp3) is 1.00. The summed E-state index contributed by atoms with van der Waals surface area (Å²) >= 11 is 0. The number of nitrogens with one attached hydrogen (secondary N) is 1. The molecule has 2 saturated carbocycles. The van der Waals surface area contributed by atoms with Crippen molar-refractivity contribution in [3.63, 3.8) is 0 Å². The smallest absolute Gasteiger partial charge is 0.0986 e. The molecule has 4 heteroatoms. The van der Waals surface area contributed by atoms with Gasteiger partial charge in [0.2, 0.25) is 0 Å². The van der Waals surface area contributed by atoms with Crippen LogP contribution in [-0.4, -0.2) is 51.2 Å². The van der Waals surface area contributed by atoms with Crippen LogP contribution in [0, 0.1) is 5.41 Å². The van der Waals surface area contributed by atoms with Crippen molar-refractivity contribution in [3.8, 4) is 0 Å². The Morgan fingerprint density at radius 2 is 1.89 bits per heavy atom. The topological polar surface area (TPSA) is 39.7 Å². The molecule has 0 amide bonds. The van der Waals surface area contributed by atoms with Gasteiger partial charge in [-0.25, -0.2) is 0 Å². The summed E-state index contributed by atoms with van der Waals surface area (Å²) < 4.78 is 16.7. The lowest BCUT2D eigenvalue weighted by Gasteiger charge is -2.55. The average molecular weight is 257 g/mol. The minimum Gasteiger partial charge on any atom is -0.381 e. The molecule has 0 aliphatic heterocycles. The van der Waals surface area contributed by atoms with Gasteiger partial charge in [0.05, 0.1) is 18.3 Å². The molecule has 0 aromatic carbocycles. The molecular weight excluding hydrogens is 230 g/mol. The number of methoxy groups -OCH3 is 2. The minimum absolute atomic E-state index is 0.197. The second-order valence-corrected chi connectivity index (χ2v) is 6.04. The highest BCUT2D eigenvalue weighted by molar-refractivity contribution is 5.07. The van der Waals surface area contributed by atoms with Crippen molar-refractivity contribution in [1.29, 1.82) is 0 Å². The van der Waals surface area contributed by atoms with E-state index in [0.29, 0.717) is 18.2 Å². The maximum Gasteiger partial charge on any atom is 0.0986 e. The van der Waals surface area contributed by atoms with Crippen LogP contribution >= 0.6 is 0 Å². The average Bonchev–Trinajstić information content (AvgIpc) is 2.31. The molecule has 2 rings (SSSR count). The van der Waals surface area contributed by atoms with Gasteiger partial charge in [0, 0.05) is 38.3 Å². The second-order valence-electron chi connectivity index (χ2n) is 6.04. The highest BCUT2D eigenvalue weighted by Gasteiger charge is 2.52. The number of hydrogen-bond donors (Lipinski definition) is 1. The predicted octanol–water partition coefficient (Wildman–Crippen LogP) is 1.58. The van der Waals surface area contributed by atoms with Gasteiger partial charge in [-0.3, -0.25) is 0 Å². The molecule has 0 saturated heterocycles. The van der Waals surface area contributed by atoms with Gasteiger partial charge >= 0.3 is 0 Å². The van der Waals surface area contributed by atoms with Crippen LogP contribution < -0.4 is 5.32 Å². The molecule has 2 fully saturated rings. The Kier molecular flexibility index (Phi) is 4.32. The first-order valence-electron chi connectivity index (χ1n) is 6.97. The molecule has 0 aromatic rings. The van der Waals surface area contributed by atoms with Gasteiger partial charge in [-0.2, -0.15) is 0 Å².